The third-order valence-corrected chi connectivity index (χ3v) is 12.2. The van der Waals surface area contributed by atoms with Crippen LogP contribution >= 0.6 is 0 Å². The molecule has 0 amide bonds. The summed E-state index contributed by atoms with van der Waals surface area (Å²) >= 11 is 0. The van der Waals surface area contributed by atoms with E-state index in [9.17, 15) is 4.79 Å². The van der Waals surface area contributed by atoms with Crippen molar-refractivity contribution in [3.05, 3.63) is 0 Å². The first-order valence-electron chi connectivity index (χ1n) is 14.8. The van der Waals surface area contributed by atoms with E-state index in [1.165, 1.54) is 64.2 Å². The van der Waals surface area contributed by atoms with Gasteiger partial charge in [0.1, 0.15) is 6.10 Å². The number of hydrogen-bond acceptors (Lipinski definition) is 2. The van der Waals surface area contributed by atoms with Crippen molar-refractivity contribution in [2.75, 3.05) is 0 Å². The summed E-state index contributed by atoms with van der Waals surface area (Å²) in [5.74, 6) is 7.06. The van der Waals surface area contributed by atoms with Crippen molar-refractivity contribution in [1.29, 1.82) is 0 Å². The predicted octanol–water partition coefficient (Wildman–Crippen LogP) is 8.68. The van der Waals surface area contributed by atoms with Gasteiger partial charge in [-0.25, -0.2) is 0 Å². The van der Waals surface area contributed by atoms with E-state index in [0.717, 1.165) is 60.2 Å². The minimum absolute atomic E-state index is 0.0875. The van der Waals surface area contributed by atoms with E-state index >= 15 is 0 Å². The molecule has 4 aliphatic rings. The standard InChI is InChI=1S/C31H54O2/c1-8-23(20(2)3)10-9-21(4)27-13-14-28-26-12-11-24-19-25(33-22(5)32)15-17-30(24,6)29(26)16-18-31(27,28)7/h20-21,23-29H,8-19H2,1-7H3. The molecular formula is C31H54O2. The first-order valence-corrected chi connectivity index (χ1v) is 14.8. The molecule has 0 heterocycles. The summed E-state index contributed by atoms with van der Waals surface area (Å²) in [6, 6.07) is 0. The van der Waals surface area contributed by atoms with Gasteiger partial charge in [-0.1, -0.05) is 54.4 Å². The van der Waals surface area contributed by atoms with E-state index in [-0.39, 0.29) is 12.1 Å². The zero-order valence-electron chi connectivity index (χ0n) is 23.0. The number of ether oxygens (including phenoxy) is 1. The van der Waals surface area contributed by atoms with Crippen LogP contribution in [0.2, 0.25) is 0 Å². The zero-order chi connectivity index (χ0) is 24.0. The fourth-order valence-electron chi connectivity index (χ4n) is 10.2. The van der Waals surface area contributed by atoms with Gasteiger partial charge in [-0.2, -0.15) is 0 Å². The Labute approximate surface area is 205 Å². The van der Waals surface area contributed by atoms with Crippen LogP contribution < -0.4 is 0 Å². The molecule has 4 aliphatic carbocycles. The van der Waals surface area contributed by atoms with Gasteiger partial charge >= 0.3 is 5.97 Å². The normalized spacial score (nSPS) is 44.5. The molecule has 0 N–H and O–H groups in total. The maximum absolute atomic E-state index is 11.5. The molecule has 0 aromatic carbocycles. The van der Waals surface area contributed by atoms with Gasteiger partial charge < -0.3 is 4.74 Å². The molecule has 0 radical (unpaired) electrons. The SMILES string of the molecule is CCC(CCC(C)C1CCC2C3CCC4CC(OC(C)=O)CCC4(C)C3CCC12C)C(C)C. The van der Waals surface area contributed by atoms with Crippen molar-refractivity contribution in [2.24, 2.45) is 58.2 Å². The lowest BCUT2D eigenvalue weighted by Crippen LogP contribution is -2.54. The molecule has 0 aromatic rings. The Kier molecular flexibility index (Phi) is 7.63. The molecule has 10 atom stereocenters. The number of hydrogen-bond donors (Lipinski definition) is 0. The monoisotopic (exact) mass is 458 g/mol. The van der Waals surface area contributed by atoms with Crippen LogP contribution in [0.15, 0.2) is 0 Å². The third-order valence-electron chi connectivity index (χ3n) is 12.2. The van der Waals surface area contributed by atoms with Crippen molar-refractivity contribution in [3.63, 3.8) is 0 Å². The largest absolute Gasteiger partial charge is 0.463 e. The Morgan fingerprint density at radius 1 is 0.909 bits per heavy atom. The van der Waals surface area contributed by atoms with Gasteiger partial charge in [0.15, 0.2) is 0 Å². The fraction of sp³-hybridized carbons (Fsp3) is 0.968. The Balaban J connectivity index is 1.42. The highest BCUT2D eigenvalue weighted by atomic mass is 16.5. The van der Waals surface area contributed by atoms with Crippen molar-refractivity contribution in [2.45, 2.75) is 132 Å². The highest BCUT2D eigenvalue weighted by Gasteiger charge is 2.60. The van der Waals surface area contributed by atoms with Crippen LogP contribution in [0.3, 0.4) is 0 Å². The lowest BCUT2D eigenvalue weighted by molar-refractivity contribution is -0.160. The summed E-state index contributed by atoms with van der Waals surface area (Å²) in [5.41, 5.74) is 1.06. The second-order valence-electron chi connectivity index (χ2n) is 13.9. The molecule has 2 heteroatoms. The molecule has 0 bridgehead atoms. The number of rotatable bonds is 7. The first kappa shape index (κ1) is 25.6. The van der Waals surface area contributed by atoms with Crippen LogP contribution in [0.1, 0.15) is 126 Å². The summed E-state index contributed by atoms with van der Waals surface area (Å²) in [4.78, 5) is 11.5. The molecule has 0 spiro atoms. The smallest absolute Gasteiger partial charge is 0.302 e. The molecule has 0 saturated heterocycles. The molecular weight excluding hydrogens is 404 g/mol. The van der Waals surface area contributed by atoms with E-state index in [0.29, 0.717) is 10.8 Å². The molecule has 2 nitrogen and oxygen atoms in total. The van der Waals surface area contributed by atoms with E-state index in [2.05, 4.69) is 41.5 Å². The summed E-state index contributed by atoms with van der Waals surface area (Å²) < 4.78 is 5.67. The lowest BCUT2D eigenvalue weighted by Gasteiger charge is -2.61. The van der Waals surface area contributed by atoms with Crippen molar-refractivity contribution < 1.29 is 9.53 Å². The average molecular weight is 459 g/mol. The molecule has 4 fully saturated rings. The van der Waals surface area contributed by atoms with E-state index in [4.69, 9.17) is 4.74 Å². The van der Waals surface area contributed by atoms with Crippen LogP contribution in [-0.2, 0) is 9.53 Å². The van der Waals surface area contributed by atoms with Crippen molar-refractivity contribution in [3.8, 4) is 0 Å². The van der Waals surface area contributed by atoms with Crippen molar-refractivity contribution in [1.82, 2.24) is 0 Å². The number of carbonyl (C=O) groups excluding carboxylic acids is 1. The van der Waals surface area contributed by atoms with E-state index in [1.54, 1.807) is 6.92 Å². The molecule has 0 aliphatic heterocycles. The molecule has 0 aromatic heterocycles. The summed E-state index contributed by atoms with van der Waals surface area (Å²) in [7, 11) is 0. The Morgan fingerprint density at radius 2 is 1.61 bits per heavy atom. The van der Waals surface area contributed by atoms with Gasteiger partial charge in [0.25, 0.3) is 0 Å². The Bertz CT molecular complexity index is 684. The highest BCUT2D eigenvalue weighted by Crippen LogP contribution is 2.68. The van der Waals surface area contributed by atoms with E-state index in [1.807, 2.05) is 0 Å². The number of esters is 1. The number of carbonyl (C=O) groups is 1. The fourth-order valence-corrected chi connectivity index (χ4v) is 10.2. The minimum atomic E-state index is -0.0875. The summed E-state index contributed by atoms with van der Waals surface area (Å²) in [6.45, 7) is 16.8. The van der Waals surface area contributed by atoms with Gasteiger partial charge in [0, 0.05) is 6.92 Å². The Hall–Kier alpha value is -0.530. The van der Waals surface area contributed by atoms with Crippen LogP contribution in [-0.4, -0.2) is 12.1 Å². The highest BCUT2D eigenvalue weighted by molar-refractivity contribution is 5.66. The second kappa shape index (κ2) is 9.85. The van der Waals surface area contributed by atoms with Gasteiger partial charge in [0.2, 0.25) is 0 Å². The molecule has 4 saturated carbocycles. The molecule has 190 valence electrons. The van der Waals surface area contributed by atoms with Crippen LogP contribution in [0.4, 0.5) is 0 Å². The van der Waals surface area contributed by atoms with Gasteiger partial charge in [0.05, 0.1) is 0 Å². The maximum atomic E-state index is 11.5. The minimum Gasteiger partial charge on any atom is -0.463 e. The molecule has 4 rings (SSSR count). The molecule has 10 unspecified atom stereocenters. The summed E-state index contributed by atoms with van der Waals surface area (Å²) in [5, 5.41) is 0. The first-order chi connectivity index (χ1) is 15.6. The van der Waals surface area contributed by atoms with Gasteiger partial charge in [-0.15, -0.1) is 0 Å². The van der Waals surface area contributed by atoms with Crippen LogP contribution in [0.5, 0.6) is 0 Å². The topological polar surface area (TPSA) is 26.3 Å². The van der Waals surface area contributed by atoms with Gasteiger partial charge in [-0.05, 0) is 122 Å². The van der Waals surface area contributed by atoms with Crippen LogP contribution in [0.25, 0.3) is 0 Å². The second-order valence-corrected chi connectivity index (χ2v) is 13.9. The predicted molar refractivity (Wildman–Crippen MR) is 138 cm³/mol. The number of fused-ring (bicyclic) bond motifs is 5. The summed E-state index contributed by atoms with van der Waals surface area (Å²) in [6.07, 6.45) is 16.6. The van der Waals surface area contributed by atoms with Crippen LogP contribution in [0, 0.1) is 58.2 Å². The zero-order valence-corrected chi connectivity index (χ0v) is 23.0. The lowest BCUT2D eigenvalue weighted by atomic mass is 9.44. The average Bonchev–Trinajstić information content (AvgIpc) is 3.11. The van der Waals surface area contributed by atoms with E-state index < -0.39 is 0 Å². The van der Waals surface area contributed by atoms with Crippen molar-refractivity contribution >= 4 is 5.97 Å². The quantitative estimate of drug-likeness (QED) is 0.357. The molecule has 33 heavy (non-hydrogen) atoms. The van der Waals surface area contributed by atoms with Gasteiger partial charge in [-0.3, -0.25) is 4.79 Å². The maximum Gasteiger partial charge on any atom is 0.302 e. The Morgan fingerprint density at radius 3 is 2.27 bits per heavy atom. The third kappa shape index (κ3) is 4.67.